The third-order valence-corrected chi connectivity index (χ3v) is 4.79. The zero-order chi connectivity index (χ0) is 13.9. The van der Waals surface area contributed by atoms with Gasteiger partial charge in [0.05, 0.1) is 5.02 Å². The van der Waals surface area contributed by atoms with Gasteiger partial charge in [-0.05, 0) is 30.4 Å². The number of anilines is 1. The monoisotopic (exact) mass is 299 g/mol. The Kier molecular flexibility index (Phi) is 9.19. The van der Waals surface area contributed by atoms with Gasteiger partial charge in [-0.1, -0.05) is 63.5 Å². The lowest BCUT2D eigenvalue weighted by Crippen LogP contribution is -1.87. The fourth-order valence-corrected chi connectivity index (χ4v) is 3.32. The summed E-state index contributed by atoms with van der Waals surface area (Å²) in [7, 11) is 0. The number of rotatable bonds is 10. The number of benzene rings is 1. The maximum Gasteiger partial charge on any atom is 0.0543 e. The summed E-state index contributed by atoms with van der Waals surface area (Å²) in [5.74, 6) is 1.14. The van der Waals surface area contributed by atoms with E-state index in [0.717, 1.165) is 21.4 Å². The van der Waals surface area contributed by atoms with E-state index in [-0.39, 0.29) is 0 Å². The number of thioether (sulfide) groups is 1. The minimum Gasteiger partial charge on any atom is -0.399 e. The summed E-state index contributed by atoms with van der Waals surface area (Å²) in [4.78, 5) is 1.12. The summed E-state index contributed by atoms with van der Waals surface area (Å²) in [5, 5.41) is 0.818. The quantitative estimate of drug-likeness (QED) is 0.318. The first-order chi connectivity index (χ1) is 9.24. The molecule has 108 valence electrons. The maximum absolute atomic E-state index is 6.13. The molecule has 1 aromatic carbocycles. The molecule has 0 atom stereocenters. The maximum atomic E-state index is 6.13. The molecule has 0 amide bonds. The molecule has 2 N–H and O–H groups in total. The first-order valence-corrected chi connectivity index (χ1v) is 8.78. The Hall–Kier alpha value is -0.340. The fourth-order valence-electron chi connectivity index (χ4n) is 2.05. The summed E-state index contributed by atoms with van der Waals surface area (Å²) in [6.45, 7) is 2.26. The van der Waals surface area contributed by atoms with Crippen LogP contribution in [0, 0.1) is 0 Å². The van der Waals surface area contributed by atoms with Gasteiger partial charge in [-0.25, -0.2) is 0 Å². The van der Waals surface area contributed by atoms with Crippen LogP contribution in [0.15, 0.2) is 23.1 Å². The highest BCUT2D eigenvalue weighted by atomic mass is 35.5. The van der Waals surface area contributed by atoms with Crippen LogP contribution in [0.4, 0.5) is 5.69 Å². The van der Waals surface area contributed by atoms with Crippen molar-refractivity contribution in [2.75, 3.05) is 11.5 Å². The smallest absolute Gasteiger partial charge is 0.0543 e. The Labute approximate surface area is 127 Å². The molecule has 3 heteroatoms. The molecule has 0 aliphatic carbocycles. The molecule has 0 aliphatic rings. The molecule has 0 spiro atoms. The van der Waals surface area contributed by atoms with E-state index < -0.39 is 0 Å². The van der Waals surface area contributed by atoms with Gasteiger partial charge >= 0.3 is 0 Å². The number of nitrogens with two attached hydrogens (primary N) is 1. The van der Waals surface area contributed by atoms with Crippen LogP contribution in [0.2, 0.25) is 5.02 Å². The molecule has 0 aromatic heterocycles. The van der Waals surface area contributed by atoms with Crippen molar-refractivity contribution in [3.8, 4) is 0 Å². The molecular formula is C16H26ClNS. The topological polar surface area (TPSA) is 26.0 Å². The van der Waals surface area contributed by atoms with E-state index in [0.29, 0.717) is 0 Å². The molecule has 1 nitrogen and oxygen atoms in total. The van der Waals surface area contributed by atoms with Crippen molar-refractivity contribution in [1.82, 2.24) is 0 Å². The molecule has 1 rings (SSSR count). The lowest BCUT2D eigenvalue weighted by molar-refractivity contribution is 0.586. The summed E-state index contributed by atoms with van der Waals surface area (Å²) in [6.07, 6.45) is 10.9. The van der Waals surface area contributed by atoms with Gasteiger partial charge in [0.1, 0.15) is 0 Å². The number of hydrogen-bond donors (Lipinski definition) is 1. The van der Waals surface area contributed by atoms with E-state index >= 15 is 0 Å². The molecular weight excluding hydrogens is 274 g/mol. The molecule has 0 heterocycles. The molecule has 0 fully saturated rings. The normalized spacial score (nSPS) is 10.8. The van der Waals surface area contributed by atoms with Crippen LogP contribution in [0.5, 0.6) is 0 Å². The molecule has 0 unspecified atom stereocenters. The average Bonchev–Trinajstić information content (AvgIpc) is 2.40. The lowest BCUT2D eigenvalue weighted by Gasteiger charge is -2.05. The van der Waals surface area contributed by atoms with Gasteiger partial charge in [-0.15, -0.1) is 11.8 Å². The van der Waals surface area contributed by atoms with E-state index in [1.165, 1.54) is 51.4 Å². The van der Waals surface area contributed by atoms with Crippen LogP contribution in [-0.4, -0.2) is 5.75 Å². The van der Waals surface area contributed by atoms with Gasteiger partial charge in [0.25, 0.3) is 0 Å². The number of halogens is 1. The second-order valence-electron chi connectivity index (χ2n) is 5.01. The summed E-state index contributed by atoms with van der Waals surface area (Å²) >= 11 is 7.95. The number of nitrogen functional groups attached to an aromatic ring is 1. The fraction of sp³-hybridized carbons (Fsp3) is 0.625. The van der Waals surface area contributed by atoms with Crippen LogP contribution in [0.1, 0.15) is 58.3 Å². The van der Waals surface area contributed by atoms with Gasteiger partial charge in [-0.2, -0.15) is 0 Å². The van der Waals surface area contributed by atoms with E-state index in [1.807, 2.05) is 30.0 Å². The van der Waals surface area contributed by atoms with Gasteiger partial charge < -0.3 is 5.73 Å². The SMILES string of the molecule is CCCCCCCCCCSc1cc(N)ccc1Cl. The molecule has 0 bridgehead atoms. The molecule has 0 saturated heterocycles. The minimum absolute atomic E-state index is 0.794. The van der Waals surface area contributed by atoms with Crippen LogP contribution in [-0.2, 0) is 0 Å². The van der Waals surface area contributed by atoms with Crippen molar-refractivity contribution in [3.63, 3.8) is 0 Å². The minimum atomic E-state index is 0.794. The first kappa shape index (κ1) is 16.7. The second kappa shape index (κ2) is 10.4. The Balaban J connectivity index is 2.03. The van der Waals surface area contributed by atoms with Crippen molar-refractivity contribution >= 4 is 29.1 Å². The van der Waals surface area contributed by atoms with Crippen LogP contribution in [0.3, 0.4) is 0 Å². The summed E-state index contributed by atoms with van der Waals surface area (Å²) in [5.41, 5.74) is 6.56. The summed E-state index contributed by atoms with van der Waals surface area (Å²) < 4.78 is 0. The van der Waals surface area contributed by atoms with E-state index in [2.05, 4.69) is 6.92 Å². The average molecular weight is 300 g/mol. The van der Waals surface area contributed by atoms with Gasteiger partial charge in [0.2, 0.25) is 0 Å². The van der Waals surface area contributed by atoms with Crippen molar-refractivity contribution in [2.24, 2.45) is 0 Å². The predicted molar refractivity (Wildman–Crippen MR) is 89.2 cm³/mol. The van der Waals surface area contributed by atoms with Crippen molar-refractivity contribution < 1.29 is 0 Å². The van der Waals surface area contributed by atoms with E-state index in [1.54, 1.807) is 0 Å². The van der Waals surface area contributed by atoms with Crippen LogP contribution in [0.25, 0.3) is 0 Å². The Morgan fingerprint density at radius 1 is 1.00 bits per heavy atom. The molecule has 1 aromatic rings. The largest absolute Gasteiger partial charge is 0.399 e. The molecule has 19 heavy (non-hydrogen) atoms. The standard InChI is InChI=1S/C16H26ClNS/c1-2-3-4-5-6-7-8-9-12-19-16-13-14(18)10-11-15(16)17/h10-11,13H,2-9,12,18H2,1H3. The molecule has 0 saturated carbocycles. The van der Waals surface area contributed by atoms with Crippen molar-refractivity contribution in [1.29, 1.82) is 0 Å². The number of hydrogen-bond acceptors (Lipinski definition) is 2. The highest BCUT2D eigenvalue weighted by molar-refractivity contribution is 7.99. The summed E-state index contributed by atoms with van der Waals surface area (Å²) in [6, 6.07) is 5.70. The Morgan fingerprint density at radius 2 is 1.63 bits per heavy atom. The zero-order valence-electron chi connectivity index (χ0n) is 12.0. The van der Waals surface area contributed by atoms with Crippen molar-refractivity contribution in [2.45, 2.75) is 63.2 Å². The van der Waals surface area contributed by atoms with Crippen LogP contribution < -0.4 is 5.73 Å². The van der Waals surface area contributed by atoms with Gasteiger partial charge in [0, 0.05) is 10.6 Å². The van der Waals surface area contributed by atoms with E-state index in [9.17, 15) is 0 Å². The van der Waals surface area contributed by atoms with E-state index in [4.69, 9.17) is 17.3 Å². The third kappa shape index (κ3) is 7.74. The highest BCUT2D eigenvalue weighted by Gasteiger charge is 2.01. The van der Waals surface area contributed by atoms with Gasteiger partial charge in [0.15, 0.2) is 0 Å². The van der Waals surface area contributed by atoms with Crippen LogP contribution >= 0.6 is 23.4 Å². The lowest BCUT2D eigenvalue weighted by atomic mass is 10.1. The first-order valence-electron chi connectivity index (χ1n) is 7.42. The molecule has 0 radical (unpaired) electrons. The highest BCUT2D eigenvalue weighted by Crippen LogP contribution is 2.29. The Bertz CT molecular complexity index is 355. The predicted octanol–water partition coefficient (Wildman–Crippen LogP) is 6.16. The van der Waals surface area contributed by atoms with Crippen molar-refractivity contribution in [3.05, 3.63) is 23.2 Å². The molecule has 0 aliphatic heterocycles. The Morgan fingerprint density at radius 3 is 2.32 bits per heavy atom. The zero-order valence-corrected chi connectivity index (χ0v) is 13.5. The number of unbranched alkanes of at least 4 members (excludes halogenated alkanes) is 7. The second-order valence-corrected chi connectivity index (χ2v) is 6.56. The third-order valence-electron chi connectivity index (χ3n) is 3.21. The van der Waals surface area contributed by atoms with Gasteiger partial charge in [-0.3, -0.25) is 0 Å².